The van der Waals surface area contributed by atoms with E-state index < -0.39 is 0 Å². The Labute approximate surface area is 110 Å². The fourth-order valence-corrected chi connectivity index (χ4v) is 1.69. The van der Waals surface area contributed by atoms with Gasteiger partial charge < -0.3 is 21.3 Å². The molecule has 1 heterocycles. The van der Waals surface area contributed by atoms with Gasteiger partial charge in [0.15, 0.2) is 0 Å². The third kappa shape index (κ3) is 10.9. The standard InChI is InChI=1S/C11H26N4.Cu/c1-4-12-6-2-8-14-10-11-15-9-3-7-13-5-1;/h12-15H,1-11H2;/q;+2. The quantitative estimate of drug-likeness (QED) is 0.452. The number of hydrogen-bond acceptors (Lipinski definition) is 4. The van der Waals surface area contributed by atoms with Gasteiger partial charge in [-0.15, -0.1) is 0 Å². The van der Waals surface area contributed by atoms with Crippen LogP contribution in [0, 0.1) is 0 Å². The third-order valence-corrected chi connectivity index (χ3v) is 2.60. The topological polar surface area (TPSA) is 48.1 Å². The minimum absolute atomic E-state index is 0. The molecule has 4 nitrogen and oxygen atoms in total. The predicted octanol–water partition coefficient (Wildman–Crippen LogP) is -0.474. The molecule has 5 heteroatoms. The van der Waals surface area contributed by atoms with Gasteiger partial charge in [0.05, 0.1) is 0 Å². The van der Waals surface area contributed by atoms with Crippen molar-refractivity contribution in [3.05, 3.63) is 0 Å². The summed E-state index contributed by atoms with van der Waals surface area (Å²) >= 11 is 0. The minimum Gasteiger partial charge on any atom is -0.317 e. The average Bonchev–Trinajstić information content (AvgIpc) is 2.27. The zero-order valence-electron chi connectivity index (χ0n) is 10.1. The molecule has 0 bridgehead atoms. The maximum atomic E-state index is 3.46. The Kier molecular flexibility index (Phi) is 13.7. The van der Waals surface area contributed by atoms with Crippen LogP contribution in [0.1, 0.15) is 19.3 Å². The Balaban J connectivity index is 0.00000225. The van der Waals surface area contributed by atoms with E-state index in [1.165, 1.54) is 19.3 Å². The SMILES string of the molecule is C1CNCCCNCCNCCCNC1.[Cu+2]. The fourth-order valence-electron chi connectivity index (χ4n) is 1.69. The Morgan fingerprint density at radius 1 is 0.375 bits per heavy atom. The van der Waals surface area contributed by atoms with Crippen molar-refractivity contribution in [1.82, 2.24) is 21.3 Å². The summed E-state index contributed by atoms with van der Waals surface area (Å²) < 4.78 is 0. The number of nitrogens with one attached hydrogen (secondary N) is 4. The van der Waals surface area contributed by atoms with E-state index in [0.29, 0.717) is 0 Å². The first kappa shape index (κ1) is 16.4. The van der Waals surface area contributed by atoms with Crippen LogP contribution in [0.5, 0.6) is 0 Å². The minimum atomic E-state index is 0. The molecule has 1 aliphatic heterocycles. The van der Waals surface area contributed by atoms with Crippen molar-refractivity contribution in [3.8, 4) is 0 Å². The molecule has 1 fully saturated rings. The van der Waals surface area contributed by atoms with E-state index in [1.54, 1.807) is 0 Å². The van der Waals surface area contributed by atoms with E-state index in [1.807, 2.05) is 0 Å². The second kappa shape index (κ2) is 13.4. The monoisotopic (exact) mass is 277 g/mol. The molecule has 1 rings (SSSR count). The van der Waals surface area contributed by atoms with Gasteiger partial charge in [-0.2, -0.15) is 0 Å². The van der Waals surface area contributed by atoms with Crippen LogP contribution in [0.3, 0.4) is 0 Å². The second-order valence-electron chi connectivity index (χ2n) is 4.06. The Morgan fingerprint density at radius 2 is 0.625 bits per heavy atom. The van der Waals surface area contributed by atoms with Crippen molar-refractivity contribution in [2.45, 2.75) is 19.3 Å². The molecule has 0 amide bonds. The van der Waals surface area contributed by atoms with Gasteiger partial charge in [-0.1, -0.05) is 0 Å². The van der Waals surface area contributed by atoms with Crippen LogP contribution in [0.2, 0.25) is 0 Å². The Bertz CT molecular complexity index is 76.5. The molecule has 0 atom stereocenters. The second-order valence-corrected chi connectivity index (χ2v) is 4.06. The summed E-state index contributed by atoms with van der Waals surface area (Å²) in [7, 11) is 0. The third-order valence-electron chi connectivity index (χ3n) is 2.60. The fraction of sp³-hybridized carbons (Fsp3) is 1.00. The van der Waals surface area contributed by atoms with Gasteiger partial charge in [0, 0.05) is 13.1 Å². The average molecular weight is 278 g/mol. The molecule has 1 saturated heterocycles. The molecular formula is C11H26CuN4+2. The van der Waals surface area contributed by atoms with Gasteiger partial charge in [0.25, 0.3) is 0 Å². The van der Waals surface area contributed by atoms with E-state index in [0.717, 1.165) is 52.4 Å². The molecule has 0 spiro atoms. The molecule has 0 aliphatic carbocycles. The maximum absolute atomic E-state index is 3.46. The zero-order chi connectivity index (χ0) is 10.6. The van der Waals surface area contributed by atoms with Crippen LogP contribution >= 0.6 is 0 Å². The van der Waals surface area contributed by atoms with Gasteiger partial charge in [0.2, 0.25) is 0 Å². The summed E-state index contributed by atoms with van der Waals surface area (Å²) in [6, 6.07) is 0. The first-order chi connectivity index (χ1) is 7.50. The van der Waals surface area contributed by atoms with Crippen molar-refractivity contribution in [1.29, 1.82) is 0 Å². The van der Waals surface area contributed by atoms with Crippen molar-refractivity contribution in [2.24, 2.45) is 0 Å². The van der Waals surface area contributed by atoms with Crippen molar-refractivity contribution in [3.63, 3.8) is 0 Å². The van der Waals surface area contributed by atoms with E-state index in [-0.39, 0.29) is 17.1 Å². The van der Waals surface area contributed by atoms with E-state index in [2.05, 4.69) is 21.3 Å². The van der Waals surface area contributed by atoms with E-state index in [4.69, 9.17) is 0 Å². The van der Waals surface area contributed by atoms with Crippen LogP contribution in [-0.2, 0) is 17.1 Å². The largest absolute Gasteiger partial charge is 2.00 e. The van der Waals surface area contributed by atoms with Gasteiger partial charge in [-0.25, -0.2) is 0 Å². The van der Waals surface area contributed by atoms with Gasteiger partial charge >= 0.3 is 17.1 Å². The number of rotatable bonds is 0. The molecule has 4 N–H and O–H groups in total. The van der Waals surface area contributed by atoms with Crippen LogP contribution in [-0.4, -0.2) is 52.4 Å². The van der Waals surface area contributed by atoms with E-state index in [9.17, 15) is 0 Å². The summed E-state index contributed by atoms with van der Waals surface area (Å²) in [5.41, 5.74) is 0. The van der Waals surface area contributed by atoms with Crippen molar-refractivity contribution >= 4 is 0 Å². The maximum Gasteiger partial charge on any atom is 2.00 e. The van der Waals surface area contributed by atoms with Gasteiger partial charge in [-0.3, -0.25) is 0 Å². The summed E-state index contributed by atoms with van der Waals surface area (Å²) in [5, 5.41) is 13.8. The molecule has 0 aromatic heterocycles. The normalized spacial score (nSPS) is 22.5. The summed E-state index contributed by atoms with van der Waals surface area (Å²) in [6.07, 6.45) is 3.70. The van der Waals surface area contributed by atoms with Crippen LogP contribution in [0.15, 0.2) is 0 Å². The van der Waals surface area contributed by atoms with Crippen LogP contribution < -0.4 is 21.3 Å². The molecular weight excluding hydrogens is 252 g/mol. The summed E-state index contributed by atoms with van der Waals surface area (Å²) in [4.78, 5) is 0. The summed E-state index contributed by atoms with van der Waals surface area (Å²) in [5.74, 6) is 0. The molecule has 0 saturated carbocycles. The van der Waals surface area contributed by atoms with Crippen LogP contribution in [0.4, 0.5) is 0 Å². The first-order valence-electron chi connectivity index (χ1n) is 6.33. The molecule has 0 aromatic rings. The molecule has 1 radical (unpaired) electrons. The molecule has 16 heavy (non-hydrogen) atoms. The molecule has 99 valence electrons. The number of hydrogen-bond donors (Lipinski definition) is 4. The Hall–Kier alpha value is 0.359. The Morgan fingerprint density at radius 3 is 0.938 bits per heavy atom. The smallest absolute Gasteiger partial charge is 0.317 e. The molecule has 0 unspecified atom stereocenters. The van der Waals surface area contributed by atoms with Crippen molar-refractivity contribution < 1.29 is 17.1 Å². The molecule has 0 aromatic carbocycles. The summed E-state index contributed by atoms with van der Waals surface area (Å²) in [6.45, 7) is 9.01. The first-order valence-corrected chi connectivity index (χ1v) is 6.33. The van der Waals surface area contributed by atoms with Crippen LogP contribution in [0.25, 0.3) is 0 Å². The van der Waals surface area contributed by atoms with Gasteiger partial charge in [0.1, 0.15) is 0 Å². The molecule has 1 aliphatic rings. The zero-order valence-corrected chi connectivity index (χ0v) is 11.0. The van der Waals surface area contributed by atoms with Gasteiger partial charge in [-0.05, 0) is 58.5 Å². The van der Waals surface area contributed by atoms with E-state index >= 15 is 0 Å². The van der Waals surface area contributed by atoms with Crippen molar-refractivity contribution in [2.75, 3.05) is 52.4 Å². The predicted molar refractivity (Wildman–Crippen MR) is 65.3 cm³/mol.